The molecule has 1 unspecified atom stereocenters. The fourth-order valence-corrected chi connectivity index (χ4v) is 3.65. The number of aliphatic carboxylic acids is 1. The van der Waals surface area contributed by atoms with E-state index in [4.69, 9.17) is 9.84 Å². The van der Waals surface area contributed by atoms with E-state index in [2.05, 4.69) is 10.6 Å². The Kier molecular flexibility index (Phi) is 7.07. The van der Waals surface area contributed by atoms with Crippen LogP contribution in [0.25, 0.3) is 11.1 Å². The quantitative estimate of drug-likeness (QED) is 0.565. The highest BCUT2D eigenvalue weighted by Gasteiger charge is 2.30. The second-order valence-corrected chi connectivity index (χ2v) is 7.65. The van der Waals surface area contributed by atoms with Crippen LogP contribution < -0.4 is 10.6 Å². The fraction of sp³-hybridized carbons (Fsp3) is 0.292. The molecule has 0 fully saturated rings. The maximum Gasteiger partial charge on any atom is 0.407 e. The van der Waals surface area contributed by atoms with Gasteiger partial charge in [-0.05, 0) is 36.1 Å². The standard InChI is InChI=1S/C24H26N2O5/c1-15(2)11-12-25-23(29)21(13-22(27)28)26-24(30)31-14-20-18-9-5-3-7-16(18)17-8-4-6-10-19(17)20/h3-11,20-21H,12-14H2,1-2H3,(H,25,29)(H,26,30)(H,27,28). The summed E-state index contributed by atoms with van der Waals surface area (Å²) in [4.78, 5) is 35.8. The number of carboxylic acid groups (broad SMARTS) is 1. The minimum Gasteiger partial charge on any atom is -0.481 e. The summed E-state index contributed by atoms with van der Waals surface area (Å²) in [6.07, 6.45) is 0.430. The van der Waals surface area contributed by atoms with Crippen molar-refractivity contribution >= 4 is 18.0 Å². The number of amides is 2. The van der Waals surface area contributed by atoms with Gasteiger partial charge in [0, 0.05) is 12.5 Å². The van der Waals surface area contributed by atoms with Gasteiger partial charge in [-0.1, -0.05) is 60.2 Å². The van der Waals surface area contributed by atoms with E-state index < -0.39 is 30.4 Å². The zero-order valence-electron chi connectivity index (χ0n) is 17.6. The van der Waals surface area contributed by atoms with Gasteiger partial charge in [0.1, 0.15) is 12.6 Å². The number of hydrogen-bond donors (Lipinski definition) is 3. The summed E-state index contributed by atoms with van der Waals surface area (Å²) in [5, 5.41) is 14.1. The minimum absolute atomic E-state index is 0.0824. The molecule has 0 aliphatic heterocycles. The molecule has 1 atom stereocenters. The predicted octanol–water partition coefficient (Wildman–Crippen LogP) is 3.45. The van der Waals surface area contributed by atoms with Crippen molar-refractivity contribution in [3.8, 4) is 11.1 Å². The molecule has 2 aromatic rings. The summed E-state index contributed by atoms with van der Waals surface area (Å²) in [6.45, 7) is 4.11. The normalized spacial score (nSPS) is 12.8. The lowest BCUT2D eigenvalue weighted by molar-refractivity contribution is -0.139. The van der Waals surface area contributed by atoms with Crippen LogP contribution in [0.15, 0.2) is 60.2 Å². The van der Waals surface area contributed by atoms with Crippen LogP contribution in [-0.4, -0.2) is 42.3 Å². The number of nitrogens with one attached hydrogen (secondary N) is 2. The van der Waals surface area contributed by atoms with Crippen LogP contribution in [0.1, 0.15) is 37.3 Å². The number of carboxylic acids is 1. The Hall–Kier alpha value is -3.61. The van der Waals surface area contributed by atoms with Gasteiger partial charge in [0.15, 0.2) is 0 Å². The third-order valence-corrected chi connectivity index (χ3v) is 5.12. The van der Waals surface area contributed by atoms with E-state index in [9.17, 15) is 14.4 Å². The first-order valence-corrected chi connectivity index (χ1v) is 10.1. The third kappa shape index (κ3) is 5.51. The van der Waals surface area contributed by atoms with Gasteiger partial charge in [-0.25, -0.2) is 4.79 Å². The largest absolute Gasteiger partial charge is 0.481 e. The molecular weight excluding hydrogens is 396 g/mol. The summed E-state index contributed by atoms with van der Waals surface area (Å²) >= 11 is 0. The molecule has 0 saturated heterocycles. The molecule has 0 heterocycles. The van der Waals surface area contributed by atoms with Crippen molar-refractivity contribution in [3.05, 3.63) is 71.3 Å². The average Bonchev–Trinajstić information content (AvgIpc) is 3.05. The van der Waals surface area contributed by atoms with Crippen LogP contribution >= 0.6 is 0 Å². The Morgan fingerprint density at radius 3 is 2.16 bits per heavy atom. The van der Waals surface area contributed by atoms with Crippen molar-refractivity contribution in [2.75, 3.05) is 13.2 Å². The minimum atomic E-state index is -1.22. The number of hydrogen-bond acceptors (Lipinski definition) is 4. The second kappa shape index (κ2) is 9.93. The van der Waals surface area contributed by atoms with Crippen LogP contribution in [0, 0.1) is 0 Å². The van der Waals surface area contributed by atoms with Crippen LogP contribution in [0.3, 0.4) is 0 Å². The second-order valence-electron chi connectivity index (χ2n) is 7.65. The van der Waals surface area contributed by atoms with Crippen molar-refractivity contribution in [1.82, 2.24) is 10.6 Å². The summed E-state index contributed by atoms with van der Waals surface area (Å²) in [5.74, 6) is -1.89. The number of benzene rings is 2. The lowest BCUT2D eigenvalue weighted by atomic mass is 9.98. The molecule has 2 aromatic carbocycles. The van der Waals surface area contributed by atoms with Crippen molar-refractivity contribution in [1.29, 1.82) is 0 Å². The number of fused-ring (bicyclic) bond motifs is 3. The van der Waals surface area contributed by atoms with E-state index in [1.165, 1.54) is 0 Å². The zero-order chi connectivity index (χ0) is 22.4. The average molecular weight is 422 g/mol. The van der Waals surface area contributed by atoms with Crippen molar-refractivity contribution < 1.29 is 24.2 Å². The van der Waals surface area contributed by atoms with Crippen LogP contribution in [0.5, 0.6) is 0 Å². The summed E-state index contributed by atoms with van der Waals surface area (Å²) < 4.78 is 5.41. The Morgan fingerprint density at radius 2 is 1.61 bits per heavy atom. The first-order chi connectivity index (χ1) is 14.9. The van der Waals surface area contributed by atoms with Gasteiger partial charge in [0.25, 0.3) is 0 Å². The lowest BCUT2D eigenvalue weighted by Crippen LogP contribution is -2.48. The summed E-state index contributed by atoms with van der Waals surface area (Å²) in [6, 6.07) is 14.7. The molecule has 7 nitrogen and oxygen atoms in total. The highest BCUT2D eigenvalue weighted by molar-refractivity contribution is 5.89. The highest BCUT2D eigenvalue weighted by Crippen LogP contribution is 2.44. The van der Waals surface area contributed by atoms with Gasteiger partial charge in [-0.2, -0.15) is 0 Å². The van der Waals surface area contributed by atoms with Gasteiger partial charge in [0.05, 0.1) is 6.42 Å². The van der Waals surface area contributed by atoms with Crippen molar-refractivity contribution in [2.45, 2.75) is 32.2 Å². The molecule has 1 aliphatic carbocycles. The summed E-state index contributed by atoms with van der Waals surface area (Å²) in [7, 11) is 0. The van der Waals surface area contributed by atoms with Crippen molar-refractivity contribution in [2.24, 2.45) is 0 Å². The molecule has 0 spiro atoms. The predicted molar refractivity (Wildman–Crippen MR) is 117 cm³/mol. The molecular formula is C24H26N2O5. The molecule has 0 radical (unpaired) electrons. The lowest BCUT2D eigenvalue weighted by Gasteiger charge is -2.18. The monoisotopic (exact) mass is 422 g/mol. The summed E-state index contributed by atoms with van der Waals surface area (Å²) in [5.41, 5.74) is 5.36. The SMILES string of the molecule is CC(C)=CCNC(=O)C(CC(=O)O)NC(=O)OCC1c2ccccc2-c2ccccc21. The molecule has 0 saturated carbocycles. The Balaban J connectivity index is 1.64. The zero-order valence-corrected chi connectivity index (χ0v) is 17.6. The van der Waals surface area contributed by atoms with E-state index in [0.29, 0.717) is 0 Å². The molecule has 0 bridgehead atoms. The maximum absolute atomic E-state index is 12.4. The van der Waals surface area contributed by atoms with Gasteiger partial charge >= 0.3 is 12.1 Å². The van der Waals surface area contributed by atoms with E-state index in [-0.39, 0.29) is 19.1 Å². The molecule has 2 amide bonds. The number of alkyl carbamates (subject to hydrolysis) is 1. The maximum atomic E-state index is 12.4. The smallest absolute Gasteiger partial charge is 0.407 e. The molecule has 3 N–H and O–H groups in total. The molecule has 7 heteroatoms. The Morgan fingerprint density at radius 1 is 1.03 bits per heavy atom. The number of rotatable bonds is 8. The number of carbonyl (C=O) groups is 3. The van der Waals surface area contributed by atoms with E-state index in [1.807, 2.05) is 62.4 Å². The first-order valence-electron chi connectivity index (χ1n) is 10.1. The van der Waals surface area contributed by atoms with E-state index in [1.54, 1.807) is 6.08 Å². The fourth-order valence-electron chi connectivity index (χ4n) is 3.65. The number of allylic oxidation sites excluding steroid dienone is 1. The van der Waals surface area contributed by atoms with E-state index in [0.717, 1.165) is 27.8 Å². The molecule has 1 aliphatic rings. The van der Waals surface area contributed by atoms with Crippen LogP contribution in [-0.2, 0) is 14.3 Å². The van der Waals surface area contributed by atoms with Crippen molar-refractivity contribution in [3.63, 3.8) is 0 Å². The van der Waals surface area contributed by atoms with Gasteiger partial charge in [-0.3, -0.25) is 9.59 Å². The Labute approximate surface area is 181 Å². The van der Waals surface area contributed by atoms with Crippen LogP contribution in [0.2, 0.25) is 0 Å². The van der Waals surface area contributed by atoms with Gasteiger partial charge in [0.2, 0.25) is 5.91 Å². The van der Waals surface area contributed by atoms with Gasteiger partial charge < -0.3 is 20.5 Å². The first kappa shape index (κ1) is 22.1. The molecule has 0 aromatic heterocycles. The van der Waals surface area contributed by atoms with Gasteiger partial charge in [-0.15, -0.1) is 0 Å². The molecule has 3 rings (SSSR count). The topological polar surface area (TPSA) is 105 Å². The third-order valence-electron chi connectivity index (χ3n) is 5.12. The molecule has 162 valence electrons. The number of carbonyl (C=O) groups excluding carboxylic acids is 2. The Bertz CT molecular complexity index is 965. The molecule has 31 heavy (non-hydrogen) atoms. The highest BCUT2D eigenvalue weighted by atomic mass is 16.5. The van der Waals surface area contributed by atoms with Crippen LogP contribution in [0.4, 0.5) is 4.79 Å². The van der Waals surface area contributed by atoms with E-state index >= 15 is 0 Å². The number of ether oxygens (including phenoxy) is 1.